The number of carbonyl (C=O) groups is 1. The normalized spacial score (nSPS) is 44.6. The van der Waals surface area contributed by atoms with Gasteiger partial charge >= 0.3 is 5.97 Å². The van der Waals surface area contributed by atoms with Crippen LogP contribution in [0.2, 0.25) is 0 Å². The van der Waals surface area contributed by atoms with Crippen LogP contribution in [0.4, 0.5) is 0 Å². The summed E-state index contributed by atoms with van der Waals surface area (Å²) in [5, 5.41) is 64.2. The summed E-state index contributed by atoms with van der Waals surface area (Å²) in [7, 11) is 7.18. The summed E-state index contributed by atoms with van der Waals surface area (Å²) < 4.78 is 37.9. The summed E-state index contributed by atoms with van der Waals surface area (Å²) in [5.74, 6) is -1.40. The smallest absolute Gasteiger partial charge is 0.311 e. The number of terminal acetylenes is 1. The van der Waals surface area contributed by atoms with Crippen molar-refractivity contribution in [1.29, 1.82) is 0 Å². The lowest BCUT2D eigenvalue weighted by molar-refractivity contribution is -0.318. The number of aliphatic hydroxyl groups excluding tert-OH is 3. The average Bonchev–Trinajstić information content (AvgIpc) is 3.17. The minimum atomic E-state index is -1.94. The van der Waals surface area contributed by atoms with Gasteiger partial charge in [0.2, 0.25) is 0 Å². The molecule has 16 heteroatoms. The lowest BCUT2D eigenvalue weighted by Gasteiger charge is -2.49. The van der Waals surface area contributed by atoms with Gasteiger partial charge in [0.05, 0.1) is 53.4 Å². The molecule has 5 N–H and O–H groups in total. The fourth-order valence-corrected chi connectivity index (χ4v) is 9.27. The van der Waals surface area contributed by atoms with Crippen molar-refractivity contribution >= 4 is 11.7 Å². The number of oxime groups is 1. The number of ether oxygens (including phenoxy) is 6. The van der Waals surface area contributed by atoms with Gasteiger partial charge in [-0.3, -0.25) is 9.69 Å². The Hall–Kier alpha value is -1.98. The third-order valence-electron chi connectivity index (χ3n) is 13.2. The minimum absolute atomic E-state index is 0.00535. The fraction of sp³-hybridized carbons (Fsp3) is 0.909. The molecule has 0 spiro atoms. The number of esters is 1. The molecule has 0 aromatic heterocycles. The lowest BCUT2D eigenvalue weighted by atomic mass is 9.73. The predicted molar refractivity (Wildman–Crippen MR) is 226 cm³/mol. The van der Waals surface area contributed by atoms with Crippen molar-refractivity contribution < 1.29 is 63.6 Å². The summed E-state index contributed by atoms with van der Waals surface area (Å²) in [6, 6.07) is -0.389. The van der Waals surface area contributed by atoms with Crippen molar-refractivity contribution in [2.45, 2.75) is 186 Å². The zero-order valence-electron chi connectivity index (χ0n) is 38.7. The molecule has 0 bridgehead atoms. The van der Waals surface area contributed by atoms with Gasteiger partial charge in [-0.25, -0.2) is 0 Å². The third-order valence-corrected chi connectivity index (χ3v) is 13.2. The maximum atomic E-state index is 14.4. The van der Waals surface area contributed by atoms with Crippen LogP contribution in [0.25, 0.3) is 0 Å². The Morgan fingerprint density at radius 2 is 1.58 bits per heavy atom. The Morgan fingerprint density at radius 1 is 0.933 bits per heavy atom. The summed E-state index contributed by atoms with van der Waals surface area (Å²) >= 11 is 0. The van der Waals surface area contributed by atoms with E-state index in [1.54, 1.807) is 48.5 Å². The summed E-state index contributed by atoms with van der Waals surface area (Å²) in [6.07, 6.45) is -3.52. The van der Waals surface area contributed by atoms with Gasteiger partial charge in [-0.05, 0) is 81.9 Å². The van der Waals surface area contributed by atoms with Gasteiger partial charge in [-0.2, -0.15) is 0 Å². The van der Waals surface area contributed by atoms with E-state index in [-0.39, 0.29) is 38.0 Å². The number of cyclic esters (lactones) is 1. The number of hydrogen-bond acceptors (Lipinski definition) is 16. The van der Waals surface area contributed by atoms with E-state index in [9.17, 15) is 30.3 Å². The van der Waals surface area contributed by atoms with E-state index in [1.165, 1.54) is 14.0 Å². The molecule has 3 aliphatic heterocycles. The second kappa shape index (κ2) is 22.1. The highest BCUT2D eigenvalue weighted by molar-refractivity contribution is 5.88. The van der Waals surface area contributed by atoms with Crippen LogP contribution in [0.3, 0.4) is 0 Å². The Morgan fingerprint density at radius 3 is 2.17 bits per heavy atom. The van der Waals surface area contributed by atoms with Gasteiger partial charge in [0, 0.05) is 56.8 Å². The van der Waals surface area contributed by atoms with E-state index >= 15 is 0 Å². The van der Waals surface area contributed by atoms with Crippen LogP contribution in [-0.2, 0) is 38.1 Å². The number of rotatable bonds is 13. The molecule has 60 heavy (non-hydrogen) atoms. The molecule has 348 valence electrons. The summed E-state index contributed by atoms with van der Waals surface area (Å²) in [5.41, 5.74) is -4.40. The highest BCUT2D eigenvalue weighted by Crippen LogP contribution is 2.41. The molecule has 0 saturated carbocycles. The molecule has 0 aromatic rings. The SMILES string of the molecule is C#CCCN(C)[C@H]1C[C@@H](C)OC(O[C@@H]2C(C)C(OC3C[C@@](C)(OC)[C@@H](O)[C@H](C)O3)[C@@H](C)C(=O)O[C@H](CC)[C@@](C)(O)[C@H](O)[C@@H](C)/C(=N/OCCN(C)C)[C@H](C)C[C@@]2(C)O)[C@@H]1O. The van der Waals surface area contributed by atoms with E-state index < -0.39 is 102 Å². The molecule has 0 aromatic carbocycles. The van der Waals surface area contributed by atoms with Crippen LogP contribution in [0.5, 0.6) is 0 Å². The molecule has 3 rings (SSSR count). The first-order valence-electron chi connectivity index (χ1n) is 21.7. The standard InChI is InChI=1S/C44H79N3O13/c1-16-18-19-47(14)31-22-26(4)56-41(35(31)48)60-39-28(6)36(59-33-24-43(10,54-15)38(50)30(8)57-33)29(7)40(51)58-32(17-2)44(11,53)37(49)27(5)34(25(3)23-42(39,9)52)45-55-21-20-46(12)13/h1,25-33,35-39,41,48-50,52-53H,17-24H2,2-15H3/b45-34+/t25-,26-,27+,28?,29-,30+,31+,32-,33?,35-,36?,37-,38+,39-,41?,42-,43-,44-/m1/s1. The topological polar surface area (TPSA) is 202 Å². The molecule has 4 unspecified atom stereocenters. The number of hydrogen-bond donors (Lipinski definition) is 5. The van der Waals surface area contributed by atoms with E-state index in [2.05, 4.69) is 11.1 Å². The number of nitrogens with zero attached hydrogens (tertiary/aromatic N) is 3. The Balaban J connectivity index is 2.24. The van der Waals surface area contributed by atoms with Gasteiger partial charge < -0.3 is 63.7 Å². The van der Waals surface area contributed by atoms with E-state index in [0.29, 0.717) is 31.6 Å². The molecular formula is C44H79N3O13. The van der Waals surface area contributed by atoms with Crippen LogP contribution < -0.4 is 0 Å². The van der Waals surface area contributed by atoms with Gasteiger partial charge in [0.15, 0.2) is 12.6 Å². The molecule has 3 saturated heterocycles. The van der Waals surface area contributed by atoms with Crippen LogP contribution in [0.15, 0.2) is 5.16 Å². The molecule has 0 radical (unpaired) electrons. The predicted octanol–water partition coefficient (Wildman–Crippen LogP) is 2.54. The van der Waals surface area contributed by atoms with Crippen molar-refractivity contribution in [3.8, 4) is 12.3 Å². The Bertz CT molecular complexity index is 1430. The quantitative estimate of drug-likeness (QED) is 0.0783. The maximum Gasteiger partial charge on any atom is 0.311 e. The minimum Gasteiger partial charge on any atom is -0.459 e. The van der Waals surface area contributed by atoms with E-state index in [4.69, 9.17) is 39.7 Å². The molecule has 0 amide bonds. The molecule has 3 fully saturated rings. The zero-order chi connectivity index (χ0) is 45.5. The van der Waals surface area contributed by atoms with Gasteiger partial charge in [0.25, 0.3) is 0 Å². The highest BCUT2D eigenvalue weighted by Gasteiger charge is 2.53. The van der Waals surface area contributed by atoms with E-state index in [0.717, 1.165) is 0 Å². The second-order valence-electron chi connectivity index (χ2n) is 18.7. The van der Waals surface area contributed by atoms with Crippen molar-refractivity contribution in [1.82, 2.24) is 9.80 Å². The number of methoxy groups -OCH3 is 1. The number of likely N-dealkylation sites (N-methyl/N-ethyl adjacent to an activating group) is 2. The molecule has 16 nitrogen and oxygen atoms in total. The lowest BCUT2D eigenvalue weighted by Crippen LogP contribution is -2.61. The first-order chi connectivity index (χ1) is 27.9. The second-order valence-corrected chi connectivity index (χ2v) is 18.7. The molecule has 3 heterocycles. The zero-order valence-corrected chi connectivity index (χ0v) is 38.7. The van der Waals surface area contributed by atoms with Crippen LogP contribution in [0.1, 0.15) is 101 Å². The first-order valence-corrected chi connectivity index (χ1v) is 21.7. The van der Waals surface area contributed by atoms with Gasteiger partial charge in [-0.1, -0.05) is 32.9 Å². The fourth-order valence-electron chi connectivity index (χ4n) is 9.27. The summed E-state index contributed by atoms with van der Waals surface area (Å²) in [4.78, 5) is 24.1. The summed E-state index contributed by atoms with van der Waals surface area (Å²) in [6.45, 7) is 18.4. The Labute approximate surface area is 359 Å². The molecule has 18 atom stereocenters. The number of carbonyl (C=O) groups excluding carboxylic acids is 1. The largest absolute Gasteiger partial charge is 0.459 e. The average molecular weight is 858 g/mol. The molecule has 0 aliphatic carbocycles. The van der Waals surface area contributed by atoms with Crippen LogP contribution in [-0.4, -0.2) is 179 Å². The number of aliphatic hydroxyl groups is 5. The monoisotopic (exact) mass is 858 g/mol. The van der Waals surface area contributed by atoms with Crippen LogP contribution in [0, 0.1) is 36.0 Å². The van der Waals surface area contributed by atoms with Gasteiger partial charge in [0.1, 0.15) is 30.5 Å². The van der Waals surface area contributed by atoms with Crippen molar-refractivity contribution in [3.63, 3.8) is 0 Å². The third kappa shape index (κ3) is 12.6. The van der Waals surface area contributed by atoms with Crippen molar-refractivity contribution in [2.24, 2.45) is 28.8 Å². The molecular weight excluding hydrogens is 778 g/mol. The van der Waals surface area contributed by atoms with Crippen molar-refractivity contribution in [2.75, 3.05) is 47.9 Å². The maximum absolute atomic E-state index is 14.4. The van der Waals surface area contributed by atoms with E-state index in [1.807, 2.05) is 44.8 Å². The van der Waals surface area contributed by atoms with Crippen molar-refractivity contribution in [3.05, 3.63) is 0 Å². The first kappa shape index (κ1) is 52.4. The van der Waals surface area contributed by atoms with Crippen LogP contribution >= 0.6 is 0 Å². The van der Waals surface area contributed by atoms with Gasteiger partial charge in [-0.15, -0.1) is 12.3 Å². The highest BCUT2D eigenvalue weighted by atomic mass is 16.7. The Kier molecular flexibility index (Phi) is 19.3. The molecule has 3 aliphatic rings.